The maximum absolute atomic E-state index is 13.2. The van der Waals surface area contributed by atoms with E-state index in [0.717, 1.165) is 0 Å². The van der Waals surface area contributed by atoms with E-state index in [0.29, 0.717) is 21.6 Å². The maximum Gasteiger partial charge on any atom is 0.339 e. The SMILES string of the molecule is COC(=O)c1c(S)cccc1-c1ccc(F)c(Cl)c1. The fourth-order valence-corrected chi connectivity index (χ4v) is 2.24. The summed E-state index contributed by atoms with van der Waals surface area (Å²) in [7, 11) is 1.30. The number of esters is 1. The Morgan fingerprint density at radius 2 is 2.05 bits per heavy atom. The number of ether oxygens (including phenoxy) is 1. The molecule has 0 aliphatic carbocycles. The van der Waals surface area contributed by atoms with Gasteiger partial charge >= 0.3 is 5.97 Å². The lowest BCUT2D eigenvalue weighted by molar-refractivity contribution is 0.0598. The van der Waals surface area contributed by atoms with Crippen molar-refractivity contribution in [3.63, 3.8) is 0 Å². The van der Waals surface area contributed by atoms with E-state index >= 15 is 0 Å². The zero-order chi connectivity index (χ0) is 14.0. The van der Waals surface area contributed by atoms with Crippen LogP contribution in [0.3, 0.4) is 0 Å². The van der Waals surface area contributed by atoms with Gasteiger partial charge in [0.05, 0.1) is 17.7 Å². The number of thiol groups is 1. The summed E-state index contributed by atoms with van der Waals surface area (Å²) in [5, 5.41) is -0.00196. The van der Waals surface area contributed by atoms with E-state index in [1.807, 2.05) is 0 Å². The van der Waals surface area contributed by atoms with Crippen LogP contribution in [0.15, 0.2) is 41.3 Å². The zero-order valence-corrected chi connectivity index (χ0v) is 11.6. The van der Waals surface area contributed by atoms with Crippen molar-refractivity contribution in [2.75, 3.05) is 7.11 Å². The summed E-state index contributed by atoms with van der Waals surface area (Å²) in [5.41, 5.74) is 1.56. The molecule has 0 aliphatic heterocycles. The molecule has 0 aromatic heterocycles. The number of rotatable bonds is 2. The lowest BCUT2D eigenvalue weighted by Gasteiger charge is -2.10. The molecule has 0 fully saturated rings. The Kier molecular flexibility index (Phi) is 4.12. The van der Waals surface area contributed by atoms with Gasteiger partial charge in [-0.3, -0.25) is 0 Å². The molecule has 2 aromatic rings. The lowest BCUT2D eigenvalue weighted by Crippen LogP contribution is -2.05. The molecule has 5 heteroatoms. The Bertz CT molecular complexity index is 643. The smallest absolute Gasteiger partial charge is 0.339 e. The average molecular weight is 297 g/mol. The van der Waals surface area contributed by atoms with E-state index in [4.69, 9.17) is 16.3 Å². The molecule has 2 nitrogen and oxygen atoms in total. The van der Waals surface area contributed by atoms with Gasteiger partial charge in [0.15, 0.2) is 0 Å². The molecular formula is C14H10ClFO2S. The van der Waals surface area contributed by atoms with Gasteiger partial charge < -0.3 is 4.74 Å². The Balaban J connectivity index is 2.65. The van der Waals surface area contributed by atoms with Crippen LogP contribution >= 0.6 is 24.2 Å². The minimum atomic E-state index is -0.507. The quantitative estimate of drug-likeness (QED) is 0.663. The van der Waals surface area contributed by atoms with Gasteiger partial charge in [-0.05, 0) is 29.3 Å². The molecule has 0 aliphatic rings. The first-order valence-corrected chi connectivity index (χ1v) is 6.23. The van der Waals surface area contributed by atoms with Crippen LogP contribution in [0, 0.1) is 5.82 Å². The van der Waals surface area contributed by atoms with E-state index in [2.05, 4.69) is 12.6 Å². The second-order valence-corrected chi connectivity index (χ2v) is 4.71. The molecule has 2 rings (SSSR count). The summed E-state index contributed by atoms with van der Waals surface area (Å²) in [6, 6.07) is 9.44. The molecule has 0 saturated carbocycles. The fourth-order valence-electron chi connectivity index (χ4n) is 1.76. The summed E-state index contributed by atoms with van der Waals surface area (Å²) in [4.78, 5) is 12.3. The Labute approximate surface area is 120 Å². The largest absolute Gasteiger partial charge is 0.465 e. The number of hydrogen-bond acceptors (Lipinski definition) is 3. The van der Waals surface area contributed by atoms with Gasteiger partial charge in [0, 0.05) is 4.90 Å². The third-order valence-corrected chi connectivity index (χ3v) is 3.32. The van der Waals surface area contributed by atoms with Crippen LogP contribution in [0.5, 0.6) is 0 Å². The molecule has 0 N–H and O–H groups in total. The fraction of sp³-hybridized carbons (Fsp3) is 0.0714. The van der Waals surface area contributed by atoms with Crippen molar-refractivity contribution < 1.29 is 13.9 Å². The summed E-state index contributed by atoms with van der Waals surface area (Å²) in [6.45, 7) is 0. The van der Waals surface area contributed by atoms with Gasteiger partial charge in [-0.25, -0.2) is 9.18 Å². The van der Waals surface area contributed by atoms with Gasteiger partial charge in [0.2, 0.25) is 0 Å². The number of carbonyl (C=O) groups excluding carboxylic acids is 1. The van der Waals surface area contributed by atoms with Crippen molar-refractivity contribution in [1.82, 2.24) is 0 Å². The second kappa shape index (κ2) is 5.63. The van der Waals surface area contributed by atoms with Gasteiger partial charge in [0.1, 0.15) is 5.82 Å². The van der Waals surface area contributed by atoms with Crippen LogP contribution in [-0.2, 0) is 4.74 Å². The molecule has 2 aromatic carbocycles. The highest BCUT2D eigenvalue weighted by Crippen LogP contribution is 2.31. The maximum atomic E-state index is 13.2. The van der Waals surface area contributed by atoms with E-state index < -0.39 is 11.8 Å². The third kappa shape index (κ3) is 2.74. The first-order valence-electron chi connectivity index (χ1n) is 5.40. The van der Waals surface area contributed by atoms with E-state index in [1.165, 1.54) is 19.2 Å². The first kappa shape index (κ1) is 13.9. The van der Waals surface area contributed by atoms with Crippen molar-refractivity contribution in [1.29, 1.82) is 0 Å². The summed E-state index contributed by atoms with van der Waals surface area (Å²) < 4.78 is 17.9. The minimum absolute atomic E-state index is 0.00196. The Morgan fingerprint density at radius 1 is 1.32 bits per heavy atom. The van der Waals surface area contributed by atoms with Crippen molar-refractivity contribution in [3.8, 4) is 11.1 Å². The molecule has 0 unspecified atom stereocenters. The molecule has 19 heavy (non-hydrogen) atoms. The predicted molar refractivity (Wildman–Crippen MR) is 75.4 cm³/mol. The zero-order valence-electron chi connectivity index (χ0n) is 9.98. The molecule has 98 valence electrons. The minimum Gasteiger partial charge on any atom is -0.465 e. The molecule has 0 spiro atoms. The Morgan fingerprint density at radius 3 is 2.68 bits per heavy atom. The number of benzene rings is 2. The normalized spacial score (nSPS) is 10.3. The highest BCUT2D eigenvalue weighted by molar-refractivity contribution is 7.80. The van der Waals surface area contributed by atoms with Crippen LogP contribution in [0.4, 0.5) is 4.39 Å². The van der Waals surface area contributed by atoms with Crippen LogP contribution in [-0.4, -0.2) is 13.1 Å². The molecule has 0 saturated heterocycles. The average Bonchev–Trinajstić information content (AvgIpc) is 2.41. The summed E-state index contributed by atoms with van der Waals surface area (Å²) >= 11 is 10.0. The number of methoxy groups -OCH3 is 1. The highest BCUT2D eigenvalue weighted by Gasteiger charge is 2.17. The lowest BCUT2D eigenvalue weighted by atomic mass is 9.99. The van der Waals surface area contributed by atoms with E-state index in [1.54, 1.807) is 24.3 Å². The standard InChI is InChI=1S/C14H10ClFO2S/c1-18-14(17)13-9(3-2-4-12(13)19)8-5-6-11(16)10(15)7-8/h2-7,19H,1H3. The van der Waals surface area contributed by atoms with Crippen molar-refractivity contribution in [3.05, 3.63) is 52.8 Å². The van der Waals surface area contributed by atoms with Crippen LogP contribution in [0.1, 0.15) is 10.4 Å². The predicted octanol–water partition coefficient (Wildman–Crippen LogP) is 4.22. The summed E-state index contributed by atoms with van der Waals surface area (Å²) in [6.07, 6.45) is 0. The molecule has 0 bridgehead atoms. The molecular weight excluding hydrogens is 287 g/mol. The van der Waals surface area contributed by atoms with Crippen LogP contribution in [0.2, 0.25) is 5.02 Å². The number of carbonyl (C=O) groups is 1. The monoisotopic (exact) mass is 296 g/mol. The molecule has 0 radical (unpaired) electrons. The van der Waals surface area contributed by atoms with E-state index in [-0.39, 0.29) is 5.02 Å². The molecule has 0 heterocycles. The topological polar surface area (TPSA) is 26.3 Å². The molecule has 0 amide bonds. The number of hydrogen-bond donors (Lipinski definition) is 1. The number of halogens is 2. The van der Waals surface area contributed by atoms with Crippen LogP contribution < -0.4 is 0 Å². The first-order chi connectivity index (χ1) is 9.04. The van der Waals surface area contributed by atoms with Gasteiger partial charge in [-0.2, -0.15) is 0 Å². The third-order valence-electron chi connectivity index (χ3n) is 2.66. The summed E-state index contributed by atoms with van der Waals surface area (Å²) in [5.74, 6) is -1.01. The van der Waals surface area contributed by atoms with Crippen molar-refractivity contribution in [2.24, 2.45) is 0 Å². The van der Waals surface area contributed by atoms with E-state index in [9.17, 15) is 9.18 Å². The van der Waals surface area contributed by atoms with Crippen LogP contribution in [0.25, 0.3) is 11.1 Å². The molecule has 0 atom stereocenters. The van der Waals surface area contributed by atoms with Gasteiger partial charge in [-0.1, -0.05) is 29.8 Å². The van der Waals surface area contributed by atoms with Crippen molar-refractivity contribution >= 4 is 30.2 Å². The Hall–Kier alpha value is -1.52. The van der Waals surface area contributed by atoms with Gasteiger partial charge in [-0.15, -0.1) is 12.6 Å². The van der Waals surface area contributed by atoms with Gasteiger partial charge in [0.25, 0.3) is 0 Å². The van der Waals surface area contributed by atoms with Crippen molar-refractivity contribution in [2.45, 2.75) is 4.90 Å². The highest BCUT2D eigenvalue weighted by atomic mass is 35.5. The second-order valence-electron chi connectivity index (χ2n) is 3.82.